The molecule has 0 spiro atoms. The van der Waals surface area contributed by atoms with Gasteiger partial charge in [-0.2, -0.15) is 0 Å². The smallest absolute Gasteiger partial charge is 0.319 e. The second-order valence-corrected chi connectivity index (χ2v) is 8.56. The molecule has 0 aromatic heterocycles. The van der Waals surface area contributed by atoms with E-state index in [1.165, 1.54) is 0 Å². The topological polar surface area (TPSA) is 73.5 Å². The molecule has 3 rings (SSSR count). The zero-order valence-corrected chi connectivity index (χ0v) is 18.8. The van der Waals surface area contributed by atoms with Crippen LogP contribution in [-0.2, 0) is 4.79 Å². The van der Waals surface area contributed by atoms with Crippen LogP contribution in [0.15, 0.2) is 48.5 Å². The van der Waals surface area contributed by atoms with Gasteiger partial charge in [0.15, 0.2) is 0 Å². The molecule has 0 bridgehead atoms. The Morgan fingerprint density at radius 1 is 1.03 bits per heavy atom. The van der Waals surface area contributed by atoms with Crippen LogP contribution >= 0.6 is 0 Å². The largest absolute Gasteiger partial charge is 0.336 e. The zero-order valence-electron chi connectivity index (χ0n) is 18.8. The fourth-order valence-corrected chi connectivity index (χ4v) is 4.11. The van der Waals surface area contributed by atoms with E-state index >= 15 is 0 Å². The lowest BCUT2D eigenvalue weighted by Crippen LogP contribution is -2.49. The van der Waals surface area contributed by atoms with Crippen molar-refractivity contribution in [2.45, 2.75) is 52.0 Å². The molecule has 2 aromatic rings. The molecule has 0 radical (unpaired) electrons. The van der Waals surface area contributed by atoms with Crippen LogP contribution in [0.3, 0.4) is 0 Å². The first kappa shape index (κ1) is 22.8. The first-order valence-electron chi connectivity index (χ1n) is 11.2. The number of piperidine rings is 1. The number of para-hydroxylation sites is 2. The fraction of sp³-hybridized carbons (Fsp3) is 0.440. The third-order valence-corrected chi connectivity index (χ3v) is 5.82. The number of likely N-dealkylation sites (tertiary alicyclic amines) is 1. The van der Waals surface area contributed by atoms with Gasteiger partial charge in [0.2, 0.25) is 5.91 Å². The number of nitrogens with zero attached hydrogens (tertiary/aromatic N) is 1. The van der Waals surface area contributed by atoms with Crippen molar-refractivity contribution in [3.8, 4) is 0 Å². The van der Waals surface area contributed by atoms with Gasteiger partial charge in [0.1, 0.15) is 0 Å². The highest BCUT2D eigenvalue weighted by molar-refractivity contribution is 5.94. The summed E-state index contributed by atoms with van der Waals surface area (Å²) >= 11 is 0. The highest BCUT2D eigenvalue weighted by Crippen LogP contribution is 2.27. The number of rotatable bonds is 7. The van der Waals surface area contributed by atoms with Crippen molar-refractivity contribution in [1.29, 1.82) is 0 Å². The molecule has 3 N–H and O–H groups in total. The summed E-state index contributed by atoms with van der Waals surface area (Å²) in [6.45, 7) is 8.02. The molecule has 1 unspecified atom stereocenters. The minimum atomic E-state index is -0.220. The summed E-state index contributed by atoms with van der Waals surface area (Å²) in [5.74, 6) is 0.335. The maximum Gasteiger partial charge on any atom is 0.319 e. The SMILES string of the molecule is Cc1cccc(C(C)C)c1NC(=O)CN1CCCCC1CNC(=O)Nc1ccccc1. The number of anilines is 2. The highest BCUT2D eigenvalue weighted by Gasteiger charge is 2.25. The molecule has 1 heterocycles. The summed E-state index contributed by atoms with van der Waals surface area (Å²) in [5.41, 5.74) is 3.92. The van der Waals surface area contributed by atoms with Crippen molar-refractivity contribution in [3.63, 3.8) is 0 Å². The van der Waals surface area contributed by atoms with Crippen molar-refractivity contribution in [2.75, 3.05) is 30.3 Å². The van der Waals surface area contributed by atoms with Crippen LogP contribution < -0.4 is 16.0 Å². The van der Waals surface area contributed by atoms with Crippen molar-refractivity contribution in [1.82, 2.24) is 10.2 Å². The molecular formula is C25H34N4O2. The third-order valence-electron chi connectivity index (χ3n) is 5.82. The van der Waals surface area contributed by atoms with Gasteiger partial charge >= 0.3 is 6.03 Å². The maximum absolute atomic E-state index is 12.9. The standard InChI is InChI=1S/C25H34N4O2/c1-18(2)22-14-9-10-19(3)24(22)28-23(30)17-29-15-8-7-13-21(29)16-26-25(31)27-20-11-5-4-6-12-20/h4-6,9-12,14,18,21H,7-8,13,15-17H2,1-3H3,(H,28,30)(H2,26,27,31). The molecule has 1 fully saturated rings. The van der Waals surface area contributed by atoms with Crippen LogP contribution in [0.5, 0.6) is 0 Å². The van der Waals surface area contributed by atoms with Gasteiger partial charge in [-0.15, -0.1) is 0 Å². The van der Waals surface area contributed by atoms with Crippen molar-refractivity contribution >= 4 is 23.3 Å². The van der Waals surface area contributed by atoms with Crippen molar-refractivity contribution in [2.24, 2.45) is 0 Å². The summed E-state index contributed by atoms with van der Waals surface area (Å²) < 4.78 is 0. The van der Waals surface area contributed by atoms with E-state index in [2.05, 4.69) is 40.8 Å². The molecule has 166 valence electrons. The summed E-state index contributed by atoms with van der Waals surface area (Å²) in [5, 5.41) is 8.95. The second kappa shape index (κ2) is 11.0. The van der Waals surface area contributed by atoms with Gasteiger partial charge < -0.3 is 16.0 Å². The molecule has 1 saturated heterocycles. The Morgan fingerprint density at radius 2 is 1.81 bits per heavy atom. The van der Waals surface area contributed by atoms with Crippen LogP contribution in [0.4, 0.5) is 16.2 Å². The summed E-state index contributed by atoms with van der Waals surface area (Å²) in [4.78, 5) is 27.3. The molecule has 1 atom stereocenters. The predicted octanol–water partition coefficient (Wildman–Crippen LogP) is 4.73. The normalized spacial score (nSPS) is 16.7. The average molecular weight is 423 g/mol. The lowest BCUT2D eigenvalue weighted by atomic mass is 9.98. The molecule has 1 aliphatic heterocycles. The van der Waals surface area contributed by atoms with Crippen LogP contribution in [0, 0.1) is 6.92 Å². The molecule has 31 heavy (non-hydrogen) atoms. The molecule has 0 aliphatic carbocycles. The Bertz CT molecular complexity index is 882. The molecule has 6 heteroatoms. The fourth-order valence-electron chi connectivity index (χ4n) is 4.11. The molecule has 0 saturated carbocycles. The number of amides is 3. The van der Waals surface area contributed by atoms with Gasteiger partial charge in [-0.05, 0) is 55.5 Å². The van der Waals surface area contributed by atoms with Crippen molar-refractivity contribution in [3.05, 3.63) is 59.7 Å². The average Bonchev–Trinajstić information content (AvgIpc) is 2.75. The van der Waals surface area contributed by atoms with E-state index < -0.39 is 0 Å². The molecule has 2 aromatic carbocycles. The maximum atomic E-state index is 12.9. The summed E-state index contributed by atoms with van der Waals surface area (Å²) in [6.07, 6.45) is 3.15. The molecular weight excluding hydrogens is 388 g/mol. The first-order valence-corrected chi connectivity index (χ1v) is 11.2. The van der Waals surface area contributed by atoms with Crippen molar-refractivity contribution < 1.29 is 9.59 Å². The Labute approximate surface area is 185 Å². The lowest BCUT2D eigenvalue weighted by molar-refractivity contribution is -0.118. The van der Waals surface area contributed by atoms with Gasteiger partial charge in [-0.25, -0.2) is 4.79 Å². The molecule has 1 aliphatic rings. The minimum absolute atomic E-state index is 0.00293. The number of nitrogens with one attached hydrogen (secondary N) is 3. The first-order chi connectivity index (χ1) is 14.9. The summed E-state index contributed by atoms with van der Waals surface area (Å²) in [7, 11) is 0. The number of urea groups is 1. The minimum Gasteiger partial charge on any atom is -0.336 e. The number of aryl methyl sites for hydroxylation is 1. The van der Waals surface area contributed by atoms with E-state index in [9.17, 15) is 9.59 Å². The van der Waals surface area contributed by atoms with Crippen LogP contribution in [0.25, 0.3) is 0 Å². The summed E-state index contributed by atoms with van der Waals surface area (Å²) in [6, 6.07) is 15.5. The quantitative estimate of drug-likeness (QED) is 0.604. The van der Waals surface area contributed by atoms with Gasteiger partial charge in [0, 0.05) is 24.0 Å². The van der Waals surface area contributed by atoms with Gasteiger partial charge in [-0.3, -0.25) is 9.69 Å². The van der Waals surface area contributed by atoms with Crippen LogP contribution in [0.1, 0.15) is 50.2 Å². The zero-order chi connectivity index (χ0) is 22.2. The monoisotopic (exact) mass is 422 g/mol. The number of carbonyl (C=O) groups is 2. The van der Waals surface area contributed by atoms with E-state index in [0.717, 1.165) is 48.3 Å². The highest BCUT2D eigenvalue weighted by atomic mass is 16.2. The van der Waals surface area contributed by atoms with Gasteiger partial charge in [0.25, 0.3) is 0 Å². The van der Waals surface area contributed by atoms with Gasteiger partial charge in [0.05, 0.1) is 6.54 Å². The Hall–Kier alpha value is -2.86. The van der Waals surface area contributed by atoms with E-state index in [1.54, 1.807) is 0 Å². The Kier molecular flexibility index (Phi) is 8.06. The number of carbonyl (C=O) groups excluding carboxylic acids is 2. The molecule has 6 nitrogen and oxygen atoms in total. The van der Waals surface area contributed by atoms with E-state index in [-0.39, 0.29) is 18.0 Å². The van der Waals surface area contributed by atoms with Gasteiger partial charge in [-0.1, -0.05) is 56.7 Å². The molecule has 3 amide bonds. The Morgan fingerprint density at radius 3 is 2.55 bits per heavy atom. The van der Waals surface area contributed by atoms with E-state index in [4.69, 9.17) is 0 Å². The Balaban J connectivity index is 1.56. The lowest BCUT2D eigenvalue weighted by Gasteiger charge is -2.35. The van der Waals surface area contributed by atoms with E-state index in [0.29, 0.717) is 19.0 Å². The predicted molar refractivity (Wildman–Crippen MR) is 127 cm³/mol. The number of benzene rings is 2. The third kappa shape index (κ3) is 6.56. The van der Waals surface area contributed by atoms with E-state index in [1.807, 2.05) is 49.4 Å². The van der Waals surface area contributed by atoms with Crippen LogP contribution in [-0.4, -0.2) is 42.5 Å². The number of hydrogen-bond acceptors (Lipinski definition) is 3. The number of hydrogen-bond donors (Lipinski definition) is 3. The van der Waals surface area contributed by atoms with Crippen LogP contribution in [0.2, 0.25) is 0 Å². The second-order valence-electron chi connectivity index (χ2n) is 8.56.